The van der Waals surface area contributed by atoms with Crippen LogP contribution in [0.25, 0.3) is 0 Å². The third kappa shape index (κ3) is 2.74. The van der Waals surface area contributed by atoms with Crippen molar-refractivity contribution >= 4 is 5.69 Å². The molecule has 0 aliphatic heterocycles. The molecule has 0 fully saturated rings. The highest BCUT2D eigenvalue weighted by Gasteiger charge is 2.06. The fourth-order valence-corrected chi connectivity index (χ4v) is 1.99. The van der Waals surface area contributed by atoms with E-state index in [0.29, 0.717) is 18.0 Å². The Hall–Kier alpha value is -2.16. The Morgan fingerprint density at radius 1 is 1.17 bits per heavy atom. The third-order valence-corrected chi connectivity index (χ3v) is 2.74. The third-order valence-electron chi connectivity index (χ3n) is 2.74. The van der Waals surface area contributed by atoms with Gasteiger partial charge in [-0.25, -0.2) is 0 Å². The maximum Gasteiger partial charge on any atom is 0.145 e. The Morgan fingerprint density at radius 3 is 2.61 bits per heavy atom. The predicted molar refractivity (Wildman–Crippen MR) is 72.8 cm³/mol. The summed E-state index contributed by atoms with van der Waals surface area (Å²) in [6.45, 7) is 4.37. The first-order chi connectivity index (χ1) is 8.56. The van der Waals surface area contributed by atoms with Crippen LogP contribution in [0.5, 0.6) is 11.5 Å². The minimum atomic E-state index is 0.240. The molecule has 3 heteroatoms. The summed E-state index contributed by atoms with van der Waals surface area (Å²) in [5.74, 6) is 0.952. The lowest BCUT2D eigenvalue weighted by Gasteiger charge is -2.13. The Morgan fingerprint density at radius 2 is 1.94 bits per heavy atom. The van der Waals surface area contributed by atoms with Gasteiger partial charge in [-0.2, -0.15) is 0 Å². The largest absolute Gasteiger partial charge is 0.508 e. The molecule has 0 amide bonds. The number of phenols is 1. The SMILES string of the molecule is Cc1cc(C)c(OCc2cccc(O)c2)c(N)c1. The molecule has 3 nitrogen and oxygen atoms in total. The molecule has 2 rings (SSSR count). The molecule has 0 spiro atoms. The maximum atomic E-state index is 9.38. The van der Waals surface area contributed by atoms with Crippen molar-refractivity contribution in [1.82, 2.24) is 0 Å². The van der Waals surface area contributed by atoms with Gasteiger partial charge >= 0.3 is 0 Å². The summed E-state index contributed by atoms with van der Waals surface area (Å²) in [6, 6.07) is 10.9. The number of anilines is 1. The van der Waals surface area contributed by atoms with Gasteiger partial charge in [0.15, 0.2) is 0 Å². The molecule has 2 aromatic rings. The van der Waals surface area contributed by atoms with Crippen LogP contribution in [0.2, 0.25) is 0 Å². The van der Waals surface area contributed by atoms with Crippen LogP contribution in [0.3, 0.4) is 0 Å². The Labute approximate surface area is 107 Å². The number of hydrogen-bond acceptors (Lipinski definition) is 3. The van der Waals surface area contributed by atoms with Gasteiger partial charge in [-0.3, -0.25) is 0 Å². The summed E-state index contributed by atoms with van der Waals surface area (Å²) in [6.07, 6.45) is 0. The summed E-state index contributed by atoms with van der Waals surface area (Å²) >= 11 is 0. The molecule has 2 aromatic carbocycles. The van der Waals surface area contributed by atoms with E-state index >= 15 is 0 Å². The van der Waals surface area contributed by atoms with Gasteiger partial charge in [-0.1, -0.05) is 18.2 Å². The van der Waals surface area contributed by atoms with Gasteiger partial charge in [0.05, 0.1) is 5.69 Å². The second kappa shape index (κ2) is 5.00. The van der Waals surface area contributed by atoms with E-state index in [1.807, 2.05) is 32.0 Å². The zero-order valence-electron chi connectivity index (χ0n) is 10.6. The monoisotopic (exact) mass is 243 g/mol. The zero-order valence-corrected chi connectivity index (χ0v) is 10.6. The van der Waals surface area contributed by atoms with E-state index in [9.17, 15) is 5.11 Å². The molecular formula is C15H17NO2. The quantitative estimate of drug-likeness (QED) is 0.814. The van der Waals surface area contributed by atoms with Gasteiger partial charge in [0.2, 0.25) is 0 Å². The van der Waals surface area contributed by atoms with Crippen LogP contribution in [0, 0.1) is 13.8 Å². The molecule has 0 aliphatic carbocycles. The van der Waals surface area contributed by atoms with E-state index in [0.717, 1.165) is 16.7 Å². The number of hydrogen-bond donors (Lipinski definition) is 2. The normalized spacial score (nSPS) is 10.3. The van der Waals surface area contributed by atoms with Gasteiger partial charge in [-0.15, -0.1) is 0 Å². The van der Waals surface area contributed by atoms with Gasteiger partial charge < -0.3 is 15.6 Å². The van der Waals surface area contributed by atoms with E-state index in [1.54, 1.807) is 18.2 Å². The van der Waals surface area contributed by atoms with Crippen molar-refractivity contribution in [3.63, 3.8) is 0 Å². The number of nitrogen functional groups attached to an aromatic ring is 1. The average molecular weight is 243 g/mol. The van der Waals surface area contributed by atoms with E-state index < -0.39 is 0 Å². The minimum absolute atomic E-state index is 0.240. The second-order valence-corrected chi connectivity index (χ2v) is 4.46. The number of aromatic hydroxyl groups is 1. The molecule has 0 radical (unpaired) electrons. The molecular weight excluding hydrogens is 226 g/mol. The smallest absolute Gasteiger partial charge is 0.145 e. The lowest BCUT2D eigenvalue weighted by Crippen LogP contribution is -2.01. The molecule has 94 valence electrons. The van der Waals surface area contributed by atoms with Crippen molar-refractivity contribution < 1.29 is 9.84 Å². The molecule has 0 saturated heterocycles. The molecule has 0 atom stereocenters. The van der Waals surface area contributed by atoms with Crippen molar-refractivity contribution in [3.8, 4) is 11.5 Å². The predicted octanol–water partition coefficient (Wildman–Crippen LogP) is 3.17. The molecule has 0 unspecified atom stereocenters. The number of rotatable bonds is 3. The first-order valence-electron chi connectivity index (χ1n) is 5.83. The van der Waals surface area contributed by atoms with E-state index in [1.165, 1.54) is 0 Å². The van der Waals surface area contributed by atoms with Crippen molar-refractivity contribution in [2.45, 2.75) is 20.5 Å². The van der Waals surface area contributed by atoms with E-state index in [-0.39, 0.29) is 5.75 Å². The topological polar surface area (TPSA) is 55.5 Å². The molecule has 0 aliphatic rings. The lowest BCUT2D eigenvalue weighted by molar-refractivity contribution is 0.305. The first kappa shape index (κ1) is 12.3. The van der Waals surface area contributed by atoms with Crippen molar-refractivity contribution in [3.05, 3.63) is 53.1 Å². The fraction of sp³-hybridized carbons (Fsp3) is 0.200. The van der Waals surface area contributed by atoms with Crippen LogP contribution in [-0.2, 0) is 6.61 Å². The molecule has 0 heterocycles. The van der Waals surface area contributed by atoms with Gasteiger partial charge in [0, 0.05) is 0 Å². The van der Waals surface area contributed by atoms with Crippen molar-refractivity contribution in [2.75, 3.05) is 5.73 Å². The van der Waals surface area contributed by atoms with Crippen LogP contribution in [0.4, 0.5) is 5.69 Å². The second-order valence-electron chi connectivity index (χ2n) is 4.46. The van der Waals surface area contributed by atoms with Crippen LogP contribution in [0.15, 0.2) is 36.4 Å². The highest BCUT2D eigenvalue weighted by Crippen LogP contribution is 2.28. The first-order valence-corrected chi connectivity index (χ1v) is 5.83. The Balaban J connectivity index is 2.16. The van der Waals surface area contributed by atoms with Crippen molar-refractivity contribution in [2.24, 2.45) is 0 Å². The highest BCUT2D eigenvalue weighted by molar-refractivity contribution is 5.58. The minimum Gasteiger partial charge on any atom is -0.508 e. The zero-order chi connectivity index (χ0) is 13.1. The van der Waals surface area contributed by atoms with Gasteiger partial charge in [0.25, 0.3) is 0 Å². The van der Waals surface area contributed by atoms with Crippen LogP contribution in [0.1, 0.15) is 16.7 Å². The molecule has 3 N–H and O–H groups in total. The summed E-state index contributed by atoms with van der Waals surface area (Å²) < 4.78 is 5.73. The van der Waals surface area contributed by atoms with Crippen molar-refractivity contribution in [1.29, 1.82) is 0 Å². The highest BCUT2D eigenvalue weighted by atomic mass is 16.5. The number of benzene rings is 2. The number of ether oxygens (including phenoxy) is 1. The van der Waals surface area contributed by atoms with Crippen LogP contribution < -0.4 is 10.5 Å². The lowest BCUT2D eigenvalue weighted by atomic mass is 10.1. The maximum absolute atomic E-state index is 9.38. The summed E-state index contributed by atoms with van der Waals surface area (Å²) in [7, 11) is 0. The number of phenolic OH excluding ortho intramolecular Hbond substituents is 1. The van der Waals surface area contributed by atoms with E-state index in [2.05, 4.69) is 0 Å². The van der Waals surface area contributed by atoms with Crippen LogP contribution >= 0.6 is 0 Å². The molecule has 18 heavy (non-hydrogen) atoms. The number of nitrogens with two attached hydrogens (primary N) is 1. The van der Waals surface area contributed by atoms with Gasteiger partial charge in [-0.05, 0) is 48.7 Å². The fourth-order valence-electron chi connectivity index (χ4n) is 1.99. The summed E-state index contributed by atoms with van der Waals surface area (Å²) in [4.78, 5) is 0. The summed E-state index contributed by atoms with van der Waals surface area (Å²) in [5.41, 5.74) is 9.64. The molecule has 0 bridgehead atoms. The summed E-state index contributed by atoms with van der Waals surface area (Å²) in [5, 5.41) is 9.38. The van der Waals surface area contributed by atoms with Crippen LogP contribution in [-0.4, -0.2) is 5.11 Å². The average Bonchev–Trinajstić information content (AvgIpc) is 2.27. The number of aryl methyl sites for hydroxylation is 2. The van der Waals surface area contributed by atoms with Gasteiger partial charge in [0.1, 0.15) is 18.1 Å². The van der Waals surface area contributed by atoms with E-state index in [4.69, 9.17) is 10.5 Å². The Kier molecular flexibility index (Phi) is 3.42. The standard InChI is InChI=1S/C15H17NO2/c1-10-6-11(2)15(14(16)7-10)18-9-12-4-3-5-13(17)8-12/h3-8,17H,9,16H2,1-2H3. The Bertz CT molecular complexity index is 541. The molecule has 0 aromatic heterocycles. The molecule has 0 saturated carbocycles.